The van der Waals surface area contributed by atoms with Gasteiger partial charge in [0.25, 0.3) is 0 Å². The number of hydrogen-bond donors (Lipinski definition) is 1. The predicted octanol–water partition coefficient (Wildman–Crippen LogP) is 3.21. The molecule has 29 heavy (non-hydrogen) atoms. The maximum atomic E-state index is 14.0. The Morgan fingerprint density at radius 1 is 0.966 bits per heavy atom. The topological polar surface area (TPSA) is 82.4 Å². The first-order valence-corrected chi connectivity index (χ1v) is 10.2. The van der Waals surface area contributed by atoms with Crippen molar-refractivity contribution in [1.82, 2.24) is 4.98 Å². The minimum atomic E-state index is -0.470. The monoisotopic (exact) mass is 466 g/mol. The van der Waals surface area contributed by atoms with Crippen LogP contribution >= 0.6 is 0 Å². The van der Waals surface area contributed by atoms with E-state index in [2.05, 4.69) is 10.1 Å². The van der Waals surface area contributed by atoms with Gasteiger partial charge in [-0.3, -0.25) is 0 Å². The van der Waals surface area contributed by atoms with Gasteiger partial charge in [-0.15, -0.1) is 0 Å². The first-order valence-electron chi connectivity index (χ1n) is 8.38. The molecule has 7 nitrogen and oxygen atoms in total. The third kappa shape index (κ3) is 4.06. The van der Waals surface area contributed by atoms with Gasteiger partial charge < -0.3 is 0 Å². The van der Waals surface area contributed by atoms with Crippen molar-refractivity contribution in [3.8, 4) is 34.3 Å². The SMILES string of the molecule is COc1ccc(-c2c[se]c(C(=NO)c3cc(OC)c(OC)c(OC)c3)n2)cc1F. The molecule has 9 heteroatoms. The van der Waals surface area contributed by atoms with Crippen LogP contribution in [0.15, 0.2) is 40.4 Å². The zero-order valence-corrected chi connectivity index (χ0v) is 17.9. The van der Waals surface area contributed by atoms with Crippen LogP contribution in [0.3, 0.4) is 0 Å². The molecule has 0 aliphatic rings. The Kier molecular flexibility index (Phi) is 6.41. The molecule has 0 spiro atoms. The van der Waals surface area contributed by atoms with Crippen molar-refractivity contribution in [2.45, 2.75) is 0 Å². The van der Waals surface area contributed by atoms with Gasteiger partial charge in [-0.25, -0.2) is 0 Å². The first-order chi connectivity index (χ1) is 14.1. The fourth-order valence-corrected chi connectivity index (χ4v) is 4.53. The van der Waals surface area contributed by atoms with E-state index in [0.717, 1.165) is 0 Å². The molecule has 0 aliphatic heterocycles. The van der Waals surface area contributed by atoms with Crippen molar-refractivity contribution in [2.75, 3.05) is 28.4 Å². The molecule has 0 saturated carbocycles. The predicted molar refractivity (Wildman–Crippen MR) is 107 cm³/mol. The molecule has 0 atom stereocenters. The normalized spacial score (nSPS) is 11.3. The van der Waals surface area contributed by atoms with Crippen molar-refractivity contribution >= 4 is 20.2 Å². The van der Waals surface area contributed by atoms with Gasteiger partial charge in [-0.05, 0) is 0 Å². The van der Waals surface area contributed by atoms with Crippen LogP contribution in [-0.2, 0) is 0 Å². The molecule has 3 aromatic rings. The average Bonchev–Trinajstić information content (AvgIpc) is 3.23. The molecular formula is C20H19FN2O5Se. The van der Waals surface area contributed by atoms with Gasteiger partial charge in [0, 0.05) is 0 Å². The van der Waals surface area contributed by atoms with E-state index in [1.54, 1.807) is 24.3 Å². The van der Waals surface area contributed by atoms with Gasteiger partial charge in [0.05, 0.1) is 0 Å². The second-order valence-electron chi connectivity index (χ2n) is 5.75. The Hall–Kier alpha value is -3.03. The molecule has 0 saturated heterocycles. The summed E-state index contributed by atoms with van der Waals surface area (Å²) >= 11 is -0.215. The Morgan fingerprint density at radius 2 is 1.62 bits per heavy atom. The minimum absolute atomic E-state index is 0.164. The molecule has 0 aliphatic carbocycles. The standard InChI is InChI=1S/C20H19FN2O5Se/c1-25-15-6-5-11(7-13(15)21)14-10-29-20(22-14)18(23-24)12-8-16(26-2)19(28-4)17(9-12)27-3/h5-10,24H,1-4H3. The second-order valence-corrected chi connectivity index (χ2v) is 7.55. The van der Waals surface area contributed by atoms with Crippen molar-refractivity contribution in [3.05, 3.63) is 51.2 Å². The van der Waals surface area contributed by atoms with E-state index < -0.39 is 5.82 Å². The summed E-state index contributed by atoms with van der Waals surface area (Å²) in [6.07, 6.45) is 0. The van der Waals surface area contributed by atoms with E-state index in [0.29, 0.717) is 38.6 Å². The number of ether oxygens (including phenoxy) is 4. The quantitative estimate of drug-likeness (QED) is 0.250. The van der Waals surface area contributed by atoms with Crippen LogP contribution in [0.4, 0.5) is 4.39 Å². The Balaban J connectivity index is 2.02. The number of hydrogen-bond acceptors (Lipinski definition) is 7. The van der Waals surface area contributed by atoms with E-state index in [4.69, 9.17) is 18.9 Å². The van der Waals surface area contributed by atoms with Gasteiger partial charge in [0.15, 0.2) is 0 Å². The summed E-state index contributed by atoms with van der Waals surface area (Å²) in [6.45, 7) is 0. The van der Waals surface area contributed by atoms with Gasteiger partial charge in [-0.1, -0.05) is 0 Å². The molecule has 0 bridgehead atoms. The fourth-order valence-electron chi connectivity index (χ4n) is 2.78. The van der Waals surface area contributed by atoms with E-state index >= 15 is 0 Å². The number of rotatable bonds is 7. The maximum absolute atomic E-state index is 14.0. The summed E-state index contributed by atoms with van der Waals surface area (Å²) in [5.74, 6) is 0.987. The molecule has 1 N–H and O–H groups in total. The Morgan fingerprint density at radius 3 is 2.14 bits per heavy atom. The van der Waals surface area contributed by atoms with Crippen LogP contribution in [0.25, 0.3) is 11.3 Å². The molecule has 0 radical (unpaired) electrons. The summed E-state index contributed by atoms with van der Waals surface area (Å²) in [5.41, 5.74) is 2.06. The van der Waals surface area contributed by atoms with Crippen LogP contribution in [-0.4, -0.2) is 58.8 Å². The second kappa shape index (κ2) is 8.98. The third-order valence-electron chi connectivity index (χ3n) is 4.19. The summed E-state index contributed by atoms with van der Waals surface area (Å²) in [6, 6.07) is 8.00. The molecule has 0 amide bonds. The molecular weight excluding hydrogens is 446 g/mol. The average molecular weight is 465 g/mol. The number of halogens is 1. The van der Waals surface area contributed by atoms with Crippen LogP contribution in [0, 0.1) is 5.82 Å². The molecule has 1 heterocycles. The number of methoxy groups -OCH3 is 4. The molecule has 1 aromatic heterocycles. The summed E-state index contributed by atoms with van der Waals surface area (Å²) in [5, 5.41) is 13.1. The Bertz CT molecular complexity index is 1030. The third-order valence-corrected chi connectivity index (χ3v) is 5.97. The summed E-state index contributed by atoms with van der Waals surface area (Å²) in [7, 11) is 5.93. The molecule has 3 rings (SSSR count). The molecule has 0 fully saturated rings. The van der Waals surface area contributed by atoms with Gasteiger partial charge in [-0.2, -0.15) is 0 Å². The summed E-state index contributed by atoms with van der Waals surface area (Å²) in [4.78, 5) is 6.45. The van der Waals surface area contributed by atoms with E-state index in [-0.39, 0.29) is 26.0 Å². The van der Waals surface area contributed by atoms with Gasteiger partial charge in [0.2, 0.25) is 0 Å². The van der Waals surface area contributed by atoms with E-state index in [1.165, 1.54) is 34.5 Å². The first kappa shape index (κ1) is 20.7. The van der Waals surface area contributed by atoms with Crippen molar-refractivity contribution in [2.24, 2.45) is 5.16 Å². The van der Waals surface area contributed by atoms with Crippen molar-refractivity contribution < 1.29 is 28.5 Å². The molecule has 152 valence electrons. The molecule has 0 unspecified atom stereocenters. The van der Waals surface area contributed by atoms with Crippen molar-refractivity contribution in [3.63, 3.8) is 0 Å². The molecule has 2 aromatic carbocycles. The van der Waals surface area contributed by atoms with Gasteiger partial charge in [0.1, 0.15) is 0 Å². The number of nitrogens with zero attached hydrogens (tertiary/aromatic N) is 2. The number of benzene rings is 2. The van der Waals surface area contributed by atoms with Crippen LogP contribution in [0.2, 0.25) is 0 Å². The zero-order valence-electron chi connectivity index (χ0n) is 16.2. The van der Waals surface area contributed by atoms with Gasteiger partial charge >= 0.3 is 173 Å². The number of aromatic nitrogens is 1. The van der Waals surface area contributed by atoms with E-state index in [1.807, 2.05) is 4.94 Å². The van der Waals surface area contributed by atoms with E-state index in [9.17, 15) is 9.60 Å². The van der Waals surface area contributed by atoms with Crippen molar-refractivity contribution in [1.29, 1.82) is 0 Å². The van der Waals surface area contributed by atoms with Crippen LogP contribution < -0.4 is 18.9 Å². The fraction of sp³-hybridized carbons (Fsp3) is 0.200. The van der Waals surface area contributed by atoms with Crippen LogP contribution in [0.1, 0.15) is 10.1 Å². The number of oxime groups is 1. The summed E-state index contributed by atoms with van der Waals surface area (Å²) < 4.78 is 35.6. The van der Waals surface area contributed by atoms with Crippen LogP contribution in [0.5, 0.6) is 23.0 Å². The zero-order chi connectivity index (χ0) is 21.0. The Labute approximate surface area is 173 Å².